The van der Waals surface area contributed by atoms with Crippen molar-refractivity contribution >= 4 is 57.5 Å². The maximum absolute atomic E-state index is 9.11. The number of hydrogen-bond donors (Lipinski definition) is 2. The van der Waals surface area contributed by atoms with Gasteiger partial charge in [-0.15, -0.1) is 0 Å². The summed E-state index contributed by atoms with van der Waals surface area (Å²) in [5.74, 6) is 0. The molecule has 0 aromatic carbocycles. The van der Waals surface area contributed by atoms with Crippen LogP contribution in [0.1, 0.15) is 0 Å². The summed E-state index contributed by atoms with van der Waals surface area (Å²) in [5, 5.41) is 0. The van der Waals surface area contributed by atoms with Crippen LogP contribution in [0.3, 0.4) is 0 Å². The Labute approximate surface area is 69.9 Å². The van der Waals surface area contributed by atoms with Crippen molar-refractivity contribution in [2.75, 3.05) is 0 Å². The molecule has 7 heavy (non-hydrogen) atoms. The predicted octanol–water partition coefficient (Wildman–Crippen LogP) is 1.45. The highest BCUT2D eigenvalue weighted by Crippen LogP contribution is 1.89. The zero-order valence-electron chi connectivity index (χ0n) is 2.88. The summed E-state index contributed by atoms with van der Waals surface area (Å²) in [7, 11) is -3.83. The van der Waals surface area contributed by atoms with Crippen molar-refractivity contribution < 1.29 is 13.3 Å². The summed E-state index contributed by atoms with van der Waals surface area (Å²) in [6, 6.07) is 0. The fourth-order valence-electron chi connectivity index (χ4n) is 0. The summed E-state index contributed by atoms with van der Waals surface area (Å²) >= 11 is 7.71. The topological polar surface area (TPSA) is 57.5 Å². The van der Waals surface area contributed by atoms with Crippen LogP contribution in [0.4, 0.5) is 0 Å². The van der Waals surface area contributed by atoms with Crippen LogP contribution < -0.4 is 0 Å². The lowest BCUT2D eigenvalue weighted by atomic mass is 15.8. The lowest BCUT2D eigenvalue weighted by molar-refractivity contribution is 0.450. The van der Waals surface area contributed by atoms with E-state index in [1.165, 1.54) is 0 Å². The van der Waals surface area contributed by atoms with Crippen LogP contribution in [-0.2, 0) is 20.2 Å². The van der Waals surface area contributed by atoms with Crippen molar-refractivity contribution in [2.45, 2.75) is 0 Å². The molecule has 0 aliphatic carbocycles. The van der Waals surface area contributed by atoms with Gasteiger partial charge in [-0.2, -0.15) is 4.21 Å². The number of hydrogen-bond acceptors (Lipinski definition) is 2. The molecule has 0 radical (unpaired) electrons. The lowest BCUT2D eigenvalue weighted by Gasteiger charge is -1.73. The highest BCUT2D eigenvalue weighted by molar-refractivity contribution is 15.0. The molecule has 0 spiro atoms. The highest BCUT2D eigenvalue weighted by Gasteiger charge is 1.78. The lowest BCUT2D eigenvalue weighted by Crippen LogP contribution is -1.86. The van der Waals surface area contributed by atoms with Crippen molar-refractivity contribution in [3.63, 3.8) is 0 Å². The van der Waals surface area contributed by atoms with Gasteiger partial charge in [0.25, 0.3) is 9.05 Å². The van der Waals surface area contributed by atoms with E-state index in [4.69, 9.17) is 13.3 Å². The van der Waals surface area contributed by atoms with Crippen LogP contribution in [0, 0.1) is 0 Å². The summed E-state index contributed by atoms with van der Waals surface area (Å²) in [5.41, 5.74) is 0. The zero-order valence-corrected chi connectivity index (χ0v) is 8.82. The quantitative estimate of drug-likeness (QED) is 0.636. The Morgan fingerprint density at radius 2 is 1.43 bits per heavy atom. The first kappa shape index (κ1) is 11.5. The third-order valence-corrected chi connectivity index (χ3v) is 0. The molecule has 0 aromatic rings. The van der Waals surface area contributed by atoms with Gasteiger partial charge in [0, 0.05) is 48.4 Å². The molecule has 0 aromatic heterocycles. The fourth-order valence-corrected chi connectivity index (χ4v) is 0. The Bertz CT molecular complexity index is 94.1. The Balaban J connectivity index is 0. The highest BCUT2D eigenvalue weighted by atomic mass is 128. The van der Waals surface area contributed by atoms with Gasteiger partial charge in [0.1, 0.15) is 0 Å². The average molecular weight is 368 g/mol. The van der Waals surface area contributed by atoms with Crippen molar-refractivity contribution in [1.82, 2.24) is 0 Å². The van der Waals surface area contributed by atoms with Crippen LogP contribution in [0.5, 0.6) is 0 Å². The van der Waals surface area contributed by atoms with Gasteiger partial charge in [0.05, 0.1) is 0 Å². The second-order valence-electron chi connectivity index (χ2n) is 0.448. The molecule has 0 heterocycles. The van der Waals surface area contributed by atoms with E-state index in [0.29, 0.717) is 0 Å². The molecule has 0 amide bonds. The van der Waals surface area contributed by atoms with Gasteiger partial charge in [-0.1, -0.05) is 0 Å². The van der Waals surface area contributed by atoms with Crippen LogP contribution in [-0.4, -0.2) is 13.3 Å². The first-order valence-electron chi connectivity index (χ1n) is 0.841. The van der Waals surface area contributed by atoms with Crippen LogP contribution in [0.2, 0.25) is 0 Å². The predicted molar refractivity (Wildman–Crippen MR) is 48.8 cm³/mol. The molecule has 0 fully saturated rings. The molecule has 3 nitrogen and oxygen atoms in total. The van der Waals surface area contributed by atoms with E-state index >= 15 is 0 Å². The second kappa shape index (κ2) is 5.88. The van der Waals surface area contributed by atoms with Gasteiger partial charge in [-0.3, -0.25) is 9.11 Å². The maximum Gasteiger partial charge on any atom is 0.263 e. The van der Waals surface area contributed by atoms with Gasteiger partial charge < -0.3 is 0 Å². The average Bonchev–Trinajstić information content (AvgIpc) is 1.36. The molecule has 0 saturated carbocycles. The SMILES string of the molecule is II.O=S(O)(O)=S. The van der Waals surface area contributed by atoms with Gasteiger partial charge in [-0.25, -0.2) is 0 Å². The normalized spacial score (nSPS) is 9.14. The second-order valence-corrected chi connectivity index (χ2v) is 2.65. The first-order chi connectivity index (χ1) is 3.00. The summed E-state index contributed by atoms with van der Waals surface area (Å²) in [4.78, 5) is 0. The Morgan fingerprint density at radius 3 is 1.43 bits per heavy atom. The van der Waals surface area contributed by atoms with E-state index in [0.717, 1.165) is 0 Å². The summed E-state index contributed by atoms with van der Waals surface area (Å²) in [6.07, 6.45) is 0. The largest absolute Gasteiger partial charge is 0.285 e. The van der Waals surface area contributed by atoms with Crippen LogP contribution >= 0.6 is 37.2 Å². The van der Waals surface area contributed by atoms with Crippen molar-refractivity contribution in [2.24, 2.45) is 0 Å². The zero-order chi connectivity index (χ0) is 6.50. The molecule has 0 rings (SSSR count). The third kappa shape index (κ3) is 83.7. The molecule has 0 saturated heterocycles. The van der Waals surface area contributed by atoms with Crippen molar-refractivity contribution in [3.05, 3.63) is 0 Å². The van der Waals surface area contributed by atoms with Crippen molar-refractivity contribution in [1.29, 1.82) is 0 Å². The van der Waals surface area contributed by atoms with Crippen LogP contribution in [0.25, 0.3) is 0 Å². The summed E-state index contributed by atoms with van der Waals surface area (Å²) in [6.45, 7) is 0. The maximum atomic E-state index is 9.11. The smallest absolute Gasteiger partial charge is 0.263 e. The van der Waals surface area contributed by atoms with Crippen molar-refractivity contribution in [3.8, 4) is 0 Å². The van der Waals surface area contributed by atoms with Gasteiger partial charge in [-0.05, 0) is 0 Å². The standard InChI is InChI=1S/I2.H2O3S2/c1-2;1-5(2,3)4/h;(H2,1,2,3,4). The van der Waals surface area contributed by atoms with E-state index in [-0.39, 0.29) is 0 Å². The van der Waals surface area contributed by atoms with E-state index in [9.17, 15) is 0 Å². The molecule has 0 aliphatic heterocycles. The molecule has 46 valence electrons. The third-order valence-electron chi connectivity index (χ3n) is 0. The number of rotatable bonds is 0. The molecular weight excluding hydrogens is 366 g/mol. The molecule has 2 N–H and O–H groups in total. The number of halogens is 2. The minimum absolute atomic E-state index is 2.12. The molecule has 0 bridgehead atoms. The van der Waals surface area contributed by atoms with E-state index in [1.54, 1.807) is 0 Å². The minimum atomic E-state index is -3.83. The van der Waals surface area contributed by atoms with E-state index < -0.39 is 9.05 Å². The van der Waals surface area contributed by atoms with E-state index in [1.807, 2.05) is 0 Å². The Kier molecular flexibility index (Phi) is 9.69. The fraction of sp³-hybridized carbons (Fsp3) is 0. The first-order valence-corrected chi connectivity index (χ1v) is 9.52. The van der Waals surface area contributed by atoms with Gasteiger partial charge >= 0.3 is 0 Å². The van der Waals surface area contributed by atoms with E-state index in [2.05, 4.69) is 48.4 Å². The minimum Gasteiger partial charge on any atom is -0.285 e. The molecule has 0 unspecified atom stereocenters. The monoisotopic (exact) mass is 368 g/mol. The summed E-state index contributed by atoms with van der Waals surface area (Å²) < 4.78 is 24.0. The Hall–Kier alpha value is 1.75. The molecule has 7 heteroatoms. The van der Waals surface area contributed by atoms with Gasteiger partial charge in [0.2, 0.25) is 0 Å². The molecular formula is H2I2O3S2. The molecule has 0 atom stereocenters. The molecule has 0 aliphatic rings. The van der Waals surface area contributed by atoms with Gasteiger partial charge in [0.15, 0.2) is 0 Å². The Morgan fingerprint density at radius 1 is 1.43 bits per heavy atom. The van der Waals surface area contributed by atoms with Crippen LogP contribution in [0.15, 0.2) is 0 Å².